The van der Waals surface area contributed by atoms with Gasteiger partial charge in [0.1, 0.15) is 0 Å². The summed E-state index contributed by atoms with van der Waals surface area (Å²) in [5.41, 5.74) is -0.666. The zero-order valence-electron chi connectivity index (χ0n) is 12.3. The van der Waals surface area contributed by atoms with Crippen LogP contribution in [0.1, 0.15) is 37.7 Å². The third-order valence-corrected chi connectivity index (χ3v) is 4.90. The number of hydrogen-bond acceptors (Lipinski definition) is 3. The van der Waals surface area contributed by atoms with Crippen LogP contribution in [0, 0.1) is 5.92 Å². The molecule has 3 rings (SSSR count). The fraction of sp³-hybridized carbons (Fsp3) is 0.588. The van der Waals surface area contributed by atoms with E-state index >= 15 is 0 Å². The van der Waals surface area contributed by atoms with Crippen molar-refractivity contribution in [3.8, 4) is 0 Å². The summed E-state index contributed by atoms with van der Waals surface area (Å²) >= 11 is 0. The van der Waals surface area contributed by atoms with Crippen molar-refractivity contribution in [1.29, 1.82) is 0 Å². The number of rotatable bonds is 4. The Hall–Kier alpha value is -1.39. The molecule has 2 aliphatic rings. The van der Waals surface area contributed by atoms with Crippen LogP contribution in [0.2, 0.25) is 0 Å². The lowest BCUT2D eigenvalue weighted by Gasteiger charge is -2.34. The first-order valence-corrected chi connectivity index (χ1v) is 8.01. The van der Waals surface area contributed by atoms with E-state index in [0.29, 0.717) is 0 Å². The van der Waals surface area contributed by atoms with Crippen molar-refractivity contribution < 1.29 is 9.90 Å². The normalized spacial score (nSPS) is 25.7. The molecule has 2 unspecified atom stereocenters. The summed E-state index contributed by atoms with van der Waals surface area (Å²) in [6.45, 7) is 1.72. The van der Waals surface area contributed by atoms with Gasteiger partial charge in [0.25, 0.3) is 5.91 Å². The molecule has 1 heterocycles. The lowest BCUT2D eigenvalue weighted by Crippen LogP contribution is -2.52. The second-order valence-electron chi connectivity index (χ2n) is 6.28. The Morgan fingerprint density at radius 1 is 1.19 bits per heavy atom. The van der Waals surface area contributed by atoms with E-state index in [1.807, 2.05) is 30.3 Å². The first-order valence-electron chi connectivity index (χ1n) is 8.01. The van der Waals surface area contributed by atoms with Gasteiger partial charge in [-0.1, -0.05) is 43.2 Å². The van der Waals surface area contributed by atoms with E-state index in [0.717, 1.165) is 50.8 Å². The van der Waals surface area contributed by atoms with Crippen molar-refractivity contribution in [2.24, 2.45) is 5.92 Å². The van der Waals surface area contributed by atoms with Gasteiger partial charge in [0, 0.05) is 18.5 Å². The molecule has 1 amide bonds. The van der Waals surface area contributed by atoms with Gasteiger partial charge >= 0.3 is 0 Å². The number of aliphatic hydroxyl groups is 1. The highest BCUT2D eigenvalue weighted by Crippen LogP contribution is 2.40. The minimum atomic E-state index is -1.39. The zero-order chi connectivity index (χ0) is 14.7. The van der Waals surface area contributed by atoms with Crippen LogP contribution < -0.4 is 10.6 Å². The summed E-state index contributed by atoms with van der Waals surface area (Å²) in [5.74, 6) is -0.205. The fourth-order valence-corrected chi connectivity index (χ4v) is 3.66. The van der Waals surface area contributed by atoms with Crippen molar-refractivity contribution in [3.63, 3.8) is 0 Å². The van der Waals surface area contributed by atoms with Crippen LogP contribution in [0.3, 0.4) is 0 Å². The third-order valence-electron chi connectivity index (χ3n) is 4.90. The van der Waals surface area contributed by atoms with E-state index < -0.39 is 5.60 Å². The summed E-state index contributed by atoms with van der Waals surface area (Å²) in [7, 11) is 0. The largest absolute Gasteiger partial charge is 0.375 e. The Kier molecular flexibility index (Phi) is 4.27. The highest BCUT2D eigenvalue weighted by atomic mass is 16.3. The van der Waals surface area contributed by atoms with Gasteiger partial charge in [-0.05, 0) is 31.4 Å². The van der Waals surface area contributed by atoms with E-state index in [1.54, 1.807) is 0 Å². The van der Waals surface area contributed by atoms with E-state index in [2.05, 4.69) is 10.6 Å². The van der Waals surface area contributed by atoms with Crippen LogP contribution in [-0.2, 0) is 10.4 Å². The lowest BCUT2D eigenvalue weighted by molar-refractivity contribution is -0.148. The molecule has 2 fully saturated rings. The van der Waals surface area contributed by atoms with Crippen LogP contribution in [0.15, 0.2) is 30.3 Å². The van der Waals surface area contributed by atoms with Crippen LogP contribution in [0.4, 0.5) is 0 Å². The first kappa shape index (κ1) is 14.5. The zero-order valence-corrected chi connectivity index (χ0v) is 12.3. The van der Waals surface area contributed by atoms with Gasteiger partial charge in [-0.3, -0.25) is 4.79 Å². The molecule has 0 radical (unpaired) electrons. The standard InChI is InChI=1S/C17H24N2O2/c20-16(19-15-10-11-18-12-15)17(21,14-8-4-5-9-14)13-6-2-1-3-7-13/h1-3,6-7,14-15,18,21H,4-5,8-12H2,(H,19,20). The maximum absolute atomic E-state index is 12.8. The second-order valence-corrected chi connectivity index (χ2v) is 6.28. The smallest absolute Gasteiger partial charge is 0.257 e. The molecule has 21 heavy (non-hydrogen) atoms. The van der Waals surface area contributed by atoms with Crippen molar-refractivity contribution >= 4 is 5.91 Å². The van der Waals surface area contributed by atoms with E-state index in [-0.39, 0.29) is 17.9 Å². The first-order chi connectivity index (χ1) is 10.2. The van der Waals surface area contributed by atoms with Crippen molar-refractivity contribution in [2.75, 3.05) is 13.1 Å². The summed E-state index contributed by atoms with van der Waals surface area (Å²) in [5, 5.41) is 17.6. The van der Waals surface area contributed by atoms with Crippen LogP contribution in [0.5, 0.6) is 0 Å². The Labute approximate surface area is 125 Å². The molecule has 0 aromatic heterocycles. The molecule has 1 aliphatic heterocycles. The molecule has 2 atom stereocenters. The number of hydrogen-bond donors (Lipinski definition) is 3. The molecule has 1 aromatic rings. The van der Waals surface area contributed by atoms with Gasteiger partial charge in [0.2, 0.25) is 0 Å². The fourth-order valence-electron chi connectivity index (χ4n) is 3.66. The van der Waals surface area contributed by atoms with Gasteiger partial charge in [0.05, 0.1) is 0 Å². The molecule has 1 saturated heterocycles. The van der Waals surface area contributed by atoms with Gasteiger partial charge < -0.3 is 15.7 Å². The molecule has 114 valence electrons. The number of amides is 1. The van der Waals surface area contributed by atoms with Gasteiger partial charge in [0.15, 0.2) is 5.60 Å². The van der Waals surface area contributed by atoms with Crippen LogP contribution >= 0.6 is 0 Å². The van der Waals surface area contributed by atoms with E-state index in [1.165, 1.54) is 0 Å². The molecular weight excluding hydrogens is 264 g/mol. The average molecular weight is 288 g/mol. The van der Waals surface area contributed by atoms with E-state index in [9.17, 15) is 9.90 Å². The Balaban J connectivity index is 1.86. The second kappa shape index (κ2) is 6.16. The summed E-state index contributed by atoms with van der Waals surface area (Å²) < 4.78 is 0. The monoisotopic (exact) mass is 288 g/mol. The molecule has 0 spiro atoms. The van der Waals surface area contributed by atoms with Crippen LogP contribution in [0.25, 0.3) is 0 Å². The predicted octanol–water partition coefficient (Wildman–Crippen LogP) is 1.54. The summed E-state index contributed by atoms with van der Waals surface area (Å²) in [6.07, 6.45) is 4.96. The number of nitrogens with one attached hydrogen (secondary N) is 2. The quantitative estimate of drug-likeness (QED) is 0.787. The lowest BCUT2D eigenvalue weighted by atomic mass is 9.79. The summed E-state index contributed by atoms with van der Waals surface area (Å²) in [4.78, 5) is 12.8. The Morgan fingerprint density at radius 3 is 2.52 bits per heavy atom. The molecule has 3 N–H and O–H groups in total. The summed E-state index contributed by atoms with van der Waals surface area (Å²) in [6, 6.07) is 9.56. The highest BCUT2D eigenvalue weighted by molar-refractivity contribution is 5.87. The topological polar surface area (TPSA) is 61.4 Å². The number of benzene rings is 1. The maximum Gasteiger partial charge on any atom is 0.257 e. The van der Waals surface area contributed by atoms with Crippen molar-refractivity contribution in [1.82, 2.24) is 10.6 Å². The molecule has 4 heteroatoms. The SMILES string of the molecule is O=C(NC1CCNC1)C(O)(c1ccccc1)C1CCCC1. The van der Waals surface area contributed by atoms with Gasteiger partial charge in [-0.2, -0.15) is 0 Å². The number of carbonyl (C=O) groups excluding carboxylic acids is 1. The predicted molar refractivity (Wildman–Crippen MR) is 81.7 cm³/mol. The number of carbonyl (C=O) groups is 1. The Morgan fingerprint density at radius 2 is 1.90 bits per heavy atom. The molecule has 4 nitrogen and oxygen atoms in total. The molecular formula is C17H24N2O2. The van der Waals surface area contributed by atoms with Crippen LogP contribution in [-0.4, -0.2) is 30.1 Å². The maximum atomic E-state index is 12.8. The third kappa shape index (κ3) is 2.83. The molecule has 1 aliphatic carbocycles. The molecule has 1 aromatic carbocycles. The van der Waals surface area contributed by atoms with Crippen molar-refractivity contribution in [3.05, 3.63) is 35.9 Å². The highest BCUT2D eigenvalue weighted by Gasteiger charge is 2.46. The Bertz CT molecular complexity index is 479. The average Bonchev–Trinajstić information content (AvgIpc) is 3.20. The van der Waals surface area contributed by atoms with Gasteiger partial charge in [-0.15, -0.1) is 0 Å². The van der Waals surface area contributed by atoms with E-state index in [4.69, 9.17) is 0 Å². The molecule has 0 bridgehead atoms. The van der Waals surface area contributed by atoms with Gasteiger partial charge in [-0.25, -0.2) is 0 Å². The minimum absolute atomic E-state index is 0.0225. The minimum Gasteiger partial charge on any atom is -0.375 e. The van der Waals surface area contributed by atoms with Crippen molar-refractivity contribution in [2.45, 2.75) is 43.7 Å². The molecule has 1 saturated carbocycles.